The van der Waals surface area contributed by atoms with Crippen LogP contribution in [0, 0.1) is 12.8 Å². The lowest BCUT2D eigenvalue weighted by Gasteiger charge is -2.31. The second kappa shape index (κ2) is 6.53. The van der Waals surface area contributed by atoms with E-state index < -0.39 is 9.84 Å². The second-order valence-corrected chi connectivity index (χ2v) is 8.88. The molecule has 1 saturated carbocycles. The molecule has 27 heavy (non-hydrogen) atoms. The number of ether oxygens (including phenoxy) is 1. The Labute approximate surface area is 157 Å². The number of nitrogens with two attached hydrogens (primary N) is 1. The molecule has 1 fully saturated rings. The van der Waals surface area contributed by atoms with Crippen molar-refractivity contribution >= 4 is 26.7 Å². The SMILES string of the molecule is Cc1nc(OC(C)C2CCC2)c2[nH]c(N)c(S(=O)(=O)c3ccccc3)c2n1. The Morgan fingerprint density at radius 1 is 1.22 bits per heavy atom. The van der Waals surface area contributed by atoms with Gasteiger partial charge in [0.1, 0.15) is 33.7 Å². The second-order valence-electron chi connectivity index (χ2n) is 7.00. The Morgan fingerprint density at radius 3 is 2.56 bits per heavy atom. The number of aryl methyl sites for hydroxylation is 1. The minimum Gasteiger partial charge on any atom is -0.473 e. The summed E-state index contributed by atoms with van der Waals surface area (Å²) >= 11 is 0. The quantitative estimate of drug-likeness (QED) is 0.696. The molecule has 0 saturated heterocycles. The fourth-order valence-corrected chi connectivity index (χ4v) is 4.89. The Balaban J connectivity index is 1.85. The zero-order valence-corrected chi connectivity index (χ0v) is 16.1. The van der Waals surface area contributed by atoms with Crippen LogP contribution in [0.15, 0.2) is 40.1 Å². The molecule has 0 radical (unpaired) electrons. The Morgan fingerprint density at radius 2 is 1.93 bits per heavy atom. The van der Waals surface area contributed by atoms with Gasteiger partial charge in [-0.05, 0) is 44.7 Å². The number of aromatic amines is 1. The van der Waals surface area contributed by atoms with Gasteiger partial charge >= 0.3 is 0 Å². The van der Waals surface area contributed by atoms with Crippen LogP contribution in [0.4, 0.5) is 5.82 Å². The van der Waals surface area contributed by atoms with Crippen molar-refractivity contribution in [1.29, 1.82) is 0 Å². The monoisotopic (exact) mass is 386 g/mol. The van der Waals surface area contributed by atoms with Gasteiger partial charge < -0.3 is 15.5 Å². The number of benzene rings is 1. The van der Waals surface area contributed by atoms with Crippen LogP contribution < -0.4 is 10.5 Å². The molecule has 0 spiro atoms. The van der Waals surface area contributed by atoms with Crippen LogP contribution in [0.1, 0.15) is 32.0 Å². The lowest BCUT2D eigenvalue weighted by atomic mass is 9.82. The molecular formula is C19H22N4O3S. The van der Waals surface area contributed by atoms with Gasteiger partial charge in [0.25, 0.3) is 0 Å². The van der Waals surface area contributed by atoms with Gasteiger partial charge in [0.2, 0.25) is 15.7 Å². The zero-order chi connectivity index (χ0) is 19.2. The molecule has 142 valence electrons. The number of hydrogen-bond acceptors (Lipinski definition) is 6. The van der Waals surface area contributed by atoms with E-state index in [4.69, 9.17) is 10.5 Å². The number of hydrogen-bond donors (Lipinski definition) is 2. The van der Waals surface area contributed by atoms with Crippen LogP contribution in [0.2, 0.25) is 0 Å². The van der Waals surface area contributed by atoms with Gasteiger partial charge in [-0.2, -0.15) is 4.98 Å². The smallest absolute Gasteiger partial charge is 0.242 e. The van der Waals surface area contributed by atoms with Gasteiger partial charge in [-0.1, -0.05) is 24.6 Å². The number of anilines is 1. The van der Waals surface area contributed by atoms with Crippen molar-refractivity contribution in [2.24, 2.45) is 5.92 Å². The maximum Gasteiger partial charge on any atom is 0.242 e. The molecule has 3 aromatic rings. The average Bonchev–Trinajstić information content (AvgIpc) is 2.90. The van der Waals surface area contributed by atoms with E-state index in [0.29, 0.717) is 23.1 Å². The lowest BCUT2D eigenvalue weighted by Crippen LogP contribution is -2.29. The summed E-state index contributed by atoms with van der Waals surface area (Å²) in [6, 6.07) is 8.19. The van der Waals surface area contributed by atoms with Crippen molar-refractivity contribution in [1.82, 2.24) is 15.0 Å². The fourth-order valence-electron chi connectivity index (χ4n) is 3.40. The number of aromatic nitrogens is 3. The molecule has 0 bridgehead atoms. The number of sulfone groups is 1. The first kappa shape index (κ1) is 17.8. The third kappa shape index (κ3) is 3.03. The van der Waals surface area contributed by atoms with E-state index >= 15 is 0 Å². The summed E-state index contributed by atoms with van der Waals surface area (Å²) in [6.07, 6.45) is 3.48. The van der Waals surface area contributed by atoms with Gasteiger partial charge in [0, 0.05) is 0 Å². The molecule has 4 rings (SSSR count). The highest BCUT2D eigenvalue weighted by Gasteiger charge is 2.30. The number of nitrogens with one attached hydrogen (secondary N) is 1. The number of nitrogen functional groups attached to an aromatic ring is 1. The molecule has 1 aromatic carbocycles. The summed E-state index contributed by atoms with van der Waals surface area (Å²) < 4.78 is 32.3. The van der Waals surface area contributed by atoms with Gasteiger partial charge in [0.15, 0.2) is 0 Å². The van der Waals surface area contributed by atoms with E-state index in [-0.39, 0.29) is 27.2 Å². The summed E-state index contributed by atoms with van der Waals surface area (Å²) in [4.78, 5) is 11.8. The van der Waals surface area contributed by atoms with Crippen molar-refractivity contribution in [2.45, 2.75) is 49.0 Å². The normalized spacial score (nSPS) is 16.2. The van der Waals surface area contributed by atoms with Crippen LogP contribution in [0.25, 0.3) is 11.0 Å². The molecule has 0 aliphatic heterocycles. The van der Waals surface area contributed by atoms with E-state index in [1.807, 2.05) is 6.92 Å². The molecule has 2 aromatic heterocycles. The zero-order valence-electron chi connectivity index (χ0n) is 15.3. The van der Waals surface area contributed by atoms with Crippen molar-refractivity contribution in [3.8, 4) is 5.88 Å². The summed E-state index contributed by atoms with van der Waals surface area (Å²) in [7, 11) is -3.83. The minimum atomic E-state index is -3.83. The summed E-state index contributed by atoms with van der Waals surface area (Å²) in [5.41, 5.74) is 6.74. The number of H-pyrrole nitrogens is 1. The molecular weight excluding hydrogens is 364 g/mol. The summed E-state index contributed by atoms with van der Waals surface area (Å²) in [6.45, 7) is 3.73. The molecule has 3 N–H and O–H groups in total. The summed E-state index contributed by atoms with van der Waals surface area (Å²) in [5, 5.41) is 0. The van der Waals surface area contributed by atoms with Gasteiger partial charge in [-0.25, -0.2) is 13.4 Å². The fraction of sp³-hybridized carbons (Fsp3) is 0.368. The molecule has 2 heterocycles. The first-order chi connectivity index (χ1) is 12.9. The van der Waals surface area contributed by atoms with E-state index in [1.54, 1.807) is 25.1 Å². The topological polar surface area (TPSA) is 111 Å². The summed E-state index contributed by atoms with van der Waals surface area (Å²) in [5.74, 6) is 1.31. The number of fused-ring (bicyclic) bond motifs is 1. The number of rotatable bonds is 5. The van der Waals surface area contributed by atoms with Crippen LogP contribution in [-0.4, -0.2) is 29.5 Å². The van der Waals surface area contributed by atoms with Gasteiger partial charge in [0.05, 0.1) is 4.90 Å². The van der Waals surface area contributed by atoms with Crippen LogP contribution >= 0.6 is 0 Å². The predicted octanol–water partition coefficient (Wildman–Crippen LogP) is 3.25. The molecule has 1 atom stereocenters. The first-order valence-electron chi connectivity index (χ1n) is 9.00. The third-order valence-corrected chi connectivity index (χ3v) is 6.98. The third-order valence-electron chi connectivity index (χ3n) is 5.14. The largest absolute Gasteiger partial charge is 0.473 e. The van der Waals surface area contributed by atoms with Crippen molar-refractivity contribution in [3.63, 3.8) is 0 Å². The molecule has 7 nitrogen and oxygen atoms in total. The highest BCUT2D eigenvalue weighted by Crippen LogP contribution is 2.37. The van der Waals surface area contributed by atoms with Crippen molar-refractivity contribution in [3.05, 3.63) is 36.2 Å². The minimum absolute atomic E-state index is 0.00467. The van der Waals surface area contributed by atoms with Crippen molar-refractivity contribution in [2.75, 3.05) is 5.73 Å². The molecule has 1 unspecified atom stereocenters. The van der Waals surface area contributed by atoms with Crippen molar-refractivity contribution < 1.29 is 13.2 Å². The van der Waals surface area contributed by atoms with Crippen LogP contribution in [0.5, 0.6) is 5.88 Å². The van der Waals surface area contributed by atoms with Gasteiger partial charge in [-0.3, -0.25) is 0 Å². The van der Waals surface area contributed by atoms with Crippen LogP contribution in [0.3, 0.4) is 0 Å². The Hall–Kier alpha value is -2.61. The maximum atomic E-state index is 13.1. The highest BCUT2D eigenvalue weighted by atomic mass is 32.2. The van der Waals surface area contributed by atoms with E-state index in [0.717, 1.165) is 12.8 Å². The Kier molecular flexibility index (Phi) is 4.30. The molecule has 1 aliphatic rings. The molecule has 1 aliphatic carbocycles. The average molecular weight is 386 g/mol. The van der Waals surface area contributed by atoms with E-state index in [2.05, 4.69) is 15.0 Å². The maximum absolute atomic E-state index is 13.1. The highest BCUT2D eigenvalue weighted by molar-refractivity contribution is 7.92. The number of nitrogens with zero attached hydrogens (tertiary/aromatic N) is 2. The standard InChI is InChI=1S/C19H22N4O3S/c1-11(13-7-6-8-13)26-19-16-15(21-12(2)22-19)17(18(20)23-16)27(24,25)14-9-4-3-5-10-14/h3-5,9-11,13,23H,6-8,20H2,1-2H3. The van der Waals surface area contributed by atoms with E-state index in [1.165, 1.54) is 18.6 Å². The molecule has 0 amide bonds. The first-order valence-corrected chi connectivity index (χ1v) is 10.5. The van der Waals surface area contributed by atoms with Gasteiger partial charge in [-0.15, -0.1) is 0 Å². The predicted molar refractivity (Wildman–Crippen MR) is 102 cm³/mol. The molecule has 8 heteroatoms. The van der Waals surface area contributed by atoms with E-state index in [9.17, 15) is 8.42 Å². The Bertz CT molecular complexity index is 1090. The lowest BCUT2D eigenvalue weighted by molar-refractivity contribution is 0.0957. The van der Waals surface area contributed by atoms with Crippen LogP contribution in [-0.2, 0) is 9.84 Å².